The van der Waals surface area contributed by atoms with Gasteiger partial charge in [0, 0.05) is 22.3 Å². The summed E-state index contributed by atoms with van der Waals surface area (Å²) < 4.78 is 7.47. The summed E-state index contributed by atoms with van der Waals surface area (Å²) in [6.45, 7) is 7.08. The molecule has 2 heterocycles. The third-order valence-electron chi connectivity index (χ3n) is 6.05. The van der Waals surface area contributed by atoms with E-state index in [1.54, 1.807) is 0 Å². The van der Waals surface area contributed by atoms with E-state index >= 15 is 0 Å². The largest absolute Gasteiger partial charge is 0.462 e. The minimum atomic E-state index is -0.333. The van der Waals surface area contributed by atoms with Crippen molar-refractivity contribution in [1.29, 1.82) is 0 Å². The minimum absolute atomic E-state index is 0.158. The van der Waals surface area contributed by atoms with E-state index < -0.39 is 0 Å². The van der Waals surface area contributed by atoms with E-state index in [1.165, 1.54) is 16.2 Å². The average Bonchev–Trinajstić information content (AvgIpc) is 3.27. The van der Waals surface area contributed by atoms with Crippen molar-refractivity contribution in [2.75, 3.05) is 11.9 Å². The SMILES string of the molecule is CCCCn1c(C(=O)Nc2sc3c(c2C(=O)OCC)CCCC3)c(C)c2ccccc21. The summed E-state index contributed by atoms with van der Waals surface area (Å²) in [7, 11) is 0. The number of esters is 1. The molecule has 31 heavy (non-hydrogen) atoms. The van der Waals surface area contributed by atoms with E-state index in [-0.39, 0.29) is 11.9 Å². The second-order valence-corrected chi connectivity index (χ2v) is 9.19. The topological polar surface area (TPSA) is 60.3 Å². The molecule has 0 unspecified atom stereocenters. The number of aryl methyl sites for hydroxylation is 3. The van der Waals surface area contributed by atoms with E-state index in [0.29, 0.717) is 22.9 Å². The average molecular weight is 439 g/mol. The van der Waals surface area contributed by atoms with Crippen LogP contribution in [-0.4, -0.2) is 23.1 Å². The number of anilines is 1. The number of fused-ring (bicyclic) bond motifs is 2. The van der Waals surface area contributed by atoms with E-state index in [2.05, 4.69) is 28.9 Å². The third-order valence-corrected chi connectivity index (χ3v) is 7.26. The van der Waals surface area contributed by atoms with Crippen molar-refractivity contribution < 1.29 is 14.3 Å². The lowest BCUT2D eigenvalue weighted by Gasteiger charge is -2.13. The smallest absolute Gasteiger partial charge is 0.341 e. The second-order valence-electron chi connectivity index (χ2n) is 8.09. The molecule has 0 bridgehead atoms. The number of rotatable bonds is 7. The van der Waals surface area contributed by atoms with Crippen LogP contribution in [0.5, 0.6) is 0 Å². The van der Waals surface area contributed by atoms with E-state index in [4.69, 9.17) is 4.74 Å². The first-order valence-electron chi connectivity index (χ1n) is 11.3. The first-order chi connectivity index (χ1) is 15.1. The number of amides is 1. The fraction of sp³-hybridized carbons (Fsp3) is 0.440. The van der Waals surface area contributed by atoms with Crippen LogP contribution in [0, 0.1) is 6.92 Å². The molecule has 4 rings (SSSR count). The Morgan fingerprint density at radius 2 is 1.94 bits per heavy atom. The number of ether oxygens (including phenoxy) is 1. The molecule has 0 atom stereocenters. The van der Waals surface area contributed by atoms with Crippen LogP contribution in [0.1, 0.15) is 76.4 Å². The van der Waals surface area contributed by atoms with E-state index in [1.807, 2.05) is 26.0 Å². The fourth-order valence-corrected chi connectivity index (χ4v) is 5.83. The van der Waals surface area contributed by atoms with Crippen LogP contribution in [0.15, 0.2) is 24.3 Å². The van der Waals surface area contributed by atoms with Gasteiger partial charge in [-0.15, -0.1) is 11.3 Å². The van der Waals surface area contributed by atoms with Crippen LogP contribution in [0.4, 0.5) is 5.00 Å². The van der Waals surface area contributed by atoms with Gasteiger partial charge >= 0.3 is 5.97 Å². The number of nitrogens with one attached hydrogen (secondary N) is 1. The molecule has 0 saturated carbocycles. The van der Waals surface area contributed by atoms with Crippen molar-refractivity contribution in [3.8, 4) is 0 Å². The summed E-state index contributed by atoms with van der Waals surface area (Å²) in [6, 6.07) is 8.16. The number of benzene rings is 1. The zero-order chi connectivity index (χ0) is 22.0. The molecular weight excluding hydrogens is 408 g/mol. The molecule has 0 saturated heterocycles. The molecule has 0 aliphatic heterocycles. The number of para-hydroxylation sites is 1. The maximum absolute atomic E-state index is 13.6. The van der Waals surface area contributed by atoms with Gasteiger partial charge in [-0.25, -0.2) is 4.79 Å². The van der Waals surface area contributed by atoms with Crippen molar-refractivity contribution >= 4 is 39.1 Å². The van der Waals surface area contributed by atoms with Crippen molar-refractivity contribution in [2.45, 2.75) is 65.8 Å². The normalized spacial score (nSPS) is 13.3. The molecule has 0 spiro atoms. The molecule has 0 fully saturated rings. The maximum atomic E-state index is 13.6. The van der Waals surface area contributed by atoms with Crippen LogP contribution in [-0.2, 0) is 24.1 Å². The van der Waals surface area contributed by atoms with E-state index in [0.717, 1.165) is 67.1 Å². The summed E-state index contributed by atoms with van der Waals surface area (Å²) in [5, 5.41) is 4.82. The van der Waals surface area contributed by atoms with Gasteiger partial charge in [0.25, 0.3) is 5.91 Å². The highest BCUT2D eigenvalue weighted by Gasteiger charge is 2.29. The highest BCUT2D eigenvalue weighted by Crippen LogP contribution is 2.39. The Bertz CT molecular complexity index is 1130. The maximum Gasteiger partial charge on any atom is 0.341 e. The number of nitrogens with zero attached hydrogens (tertiary/aromatic N) is 1. The molecule has 1 amide bonds. The Morgan fingerprint density at radius 3 is 2.71 bits per heavy atom. The first kappa shape index (κ1) is 21.6. The van der Waals surface area contributed by atoms with E-state index in [9.17, 15) is 9.59 Å². The van der Waals surface area contributed by atoms with Gasteiger partial charge in [0.1, 0.15) is 10.7 Å². The Hall–Kier alpha value is -2.60. The van der Waals surface area contributed by atoms with Crippen molar-refractivity contribution in [3.05, 3.63) is 51.5 Å². The van der Waals surface area contributed by atoms with Crippen LogP contribution in [0.2, 0.25) is 0 Å². The summed E-state index contributed by atoms with van der Waals surface area (Å²) in [4.78, 5) is 27.5. The molecule has 1 aromatic carbocycles. The highest BCUT2D eigenvalue weighted by molar-refractivity contribution is 7.17. The van der Waals surface area contributed by atoms with Crippen molar-refractivity contribution in [2.24, 2.45) is 0 Å². The molecule has 164 valence electrons. The van der Waals surface area contributed by atoms with Gasteiger partial charge in [-0.1, -0.05) is 31.5 Å². The third kappa shape index (κ3) is 4.01. The Kier molecular flexibility index (Phi) is 6.46. The molecule has 5 nitrogen and oxygen atoms in total. The molecular formula is C25H30N2O3S. The lowest BCUT2D eigenvalue weighted by molar-refractivity contribution is 0.0526. The predicted octanol–water partition coefficient (Wildman–Crippen LogP) is 6.12. The number of aromatic nitrogens is 1. The molecule has 3 aromatic rings. The Morgan fingerprint density at radius 1 is 1.16 bits per heavy atom. The summed E-state index contributed by atoms with van der Waals surface area (Å²) in [5.74, 6) is -0.491. The van der Waals surface area contributed by atoms with Gasteiger partial charge in [-0.05, 0) is 63.1 Å². The fourth-order valence-electron chi connectivity index (χ4n) is 4.55. The number of hydrogen-bond acceptors (Lipinski definition) is 4. The van der Waals surface area contributed by atoms with Gasteiger partial charge in [0.2, 0.25) is 0 Å². The summed E-state index contributed by atoms with van der Waals surface area (Å²) >= 11 is 1.53. The first-order valence-corrected chi connectivity index (χ1v) is 12.1. The lowest BCUT2D eigenvalue weighted by Crippen LogP contribution is -2.20. The standard InChI is InChI=1S/C25H30N2O3S/c1-4-6-15-27-19-13-9-7-11-17(19)16(3)22(27)23(28)26-24-21(25(29)30-5-2)18-12-8-10-14-20(18)31-24/h7,9,11,13H,4-6,8,10,12,14-15H2,1-3H3,(H,26,28). The number of unbranched alkanes of at least 4 members (excludes halogenated alkanes) is 1. The Balaban J connectivity index is 1.75. The molecule has 1 aliphatic rings. The molecule has 1 N–H and O–H groups in total. The van der Waals surface area contributed by atoms with Crippen LogP contribution >= 0.6 is 11.3 Å². The predicted molar refractivity (Wildman–Crippen MR) is 126 cm³/mol. The lowest BCUT2D eigenvalue weighted by atomic mass is 9.95. The van der Waals surface area contributed by atoms with Crippen molar-refractivity contribution in [1.82, 2.24) is 4.57 Å². The number of hydrogen-bond donors (Lipinski definition) is 1. The van der Waals surface area contributed by atoms with Crippen molar-refractivity contribution in [3.63, 3.8) is 0 Å². The van der Waals surface area contributed by atoms with Gasteiger partial charge in [-0.3, -0.25) is 4.79 Å². The zero-order valence-corrected chi connectivity index (χ0v) is 19.4. The van der Waals surface area contributed by atoms with Crippen LogP contribution < -0.4 is 5.32 Å². The van der Waals surface area contributed by atoms with Gasteiger partial charge in [0.05, 0.1) is 12.2 Å². The molecule has 6 heteroatoms. The molecule has 0 radical (unpaired) electrons. The number of carbonyl (C=O) groups is 2. The quantitative estimate of drug-likeness (QED) is 0.452. The highest BCUT2D eigenvalue weighted by atomic mass is 32.1. The second kappa shape index (κ2) is 9.27. The van der Waals surface area contributed by atoms with Gasteiger partial charge in [-0.2, -0.15) is 0 Å². The summed E-state index contributed by atoms with van der Waals surface area (Å²) in [5.41, 5.74) is 4.35. The number of carbonyl (C=O) groups excluding carboxylic acids is 2. The van der Waals surface area contributed by atoms with Crippen LogP contribution in [0.25, 0.3) is 10.9 Å². The monoisotopic (exact) mass is 438 g/mol. The Labute approximate surface area is 187 Å². The summed E-state index contributed by atoms with van der Waals surface area (Å²) in [6.07, 6.45) is 6.06. The minimum Gasteiger partial charge on any atom is -0.462 e. The van der Waals surface area contributed by atoms with Gasteiger partial charge in [0.15, 0.2) is 0 Å². The molecule has 1 aliphatic carbocycles. The van der Waals surface area contributed by atoms with Crippen LogP contribution in [0.3, 0.4) is 0 Å². The number of thiophene rings is 1. The molecule has 2 aromatic heterocycles. The van der Waals surface area contributed by atoms with Gasteiger partial charge < -0.3 is 14.6 Å². The zero-order valence-electron chi connectivity index (χ0n) is 18.5.